The van der Waals surface area contributed by atoms with E-state index in [4.69, 9.17) is 0 Å². The van der Waals surface area contributed by atoms with Crippen molar-refractivity contribution in [1.82, 2.24) is 0 Å². The maximum atomic E-state index is 2.48. The molecule has 0 aromatic heterocycles. The van der Waals surface area contributed by atoms with Gasteiger partial charge in [-0.05, 0) is 178 Å². The van der Waals surface area contributed by atoms with Crippen molar-refractivity contribution in [1.29, 1.82) is 0 Å². The van der Waals surface area contributed by atoms with Gasteiger partial charge in [-0.2, -0.15) is 0 Å². The minimum atomic E-state index is -0.636. The number of benzene rings is 14. The predicted octanol–water partition coefficient (Wildman–Crippen LogP) is 24.7. The Hall–Kier alpha value is -11.0. The second-order valence-corrected chi connectivity index (χ2v) is 27.7. The average molecular weight is 1220 g/mol. The zero-order valence-corrected chi connectivity index (χ0v) is 53.8. The first kappa shape index (κ1) is 55.8. The van der Waals surface area contributed by atoms with Gasteiger partial charge in [0.15, 0.2) is 0 Å². The lowest BCUT2D eigenvalue weighted by molar-refractivity contribution is 0.660. The van der Waals surface area contributed by atoms with E-state index in [2.05, 4.69) is 365 Å². The van der Waals surface area contributed by atoms with Crippen LogP contribution in [-0.2, 0) is 16.2 Å². The second kappa shape index (κ2) is 21.6. The summed E-state index contributed by atoms with van der Waals surface area (Å²) in [7, 11) is 0. The van der Waals surface area contributed by atoms with Crippen molar-refractivity contribution in [2.45, 2.75) is 53.7 Å². The third-order valence-electron chi connectivity index (χ3n) is 21.0. The normalized spacial score (nSPS) is 15.2. The molecule has 1 atom stereocenters. The zero-order chi connectivity index (χ0) is 62.9. The number of anilines is 6. The first-order valence-electron chi connectivity index (χ1n) is 32.9. The minimum absolute atomic E-state index is 0.157. The van der Waals surface area contributed by atoms with E-state index in [1.165, 1.54) is 132 Å². The van der Waals surface area contributed by atoms with Crippen molar-refractivity contribution >= 4 is 45.9 Å². The molecule has 0 saturated heterocycles. The van der Waals surface area contributed by atoms with Crippen LogP contribution in [0.1, 0.15) is 72.2 Å². The molecule has 0 bridgehead atoms. The zero-order valence-electron chi connectivity index (χ0n) is 53.0. The van der Waals surface area contributed by atoms with Gasteiger partial charge in [-0.15, -0.1) is 0 Å². The van der Waals surface area contributed by atoms with Crippen LogP contribution in [0, 0.1) is 0 Å². The quantitative estimate of drug-likeness (QED) is 0.135. The Bertz CT molecular complexity index is 5350. The van der Waals surface area contributed by atoms with Crippen molar-refractivity contribution in [3.8, 4) is 77.9 Å². The van der Waals surface area contributed by atoms with Crippen LogP contribution in [0.4, 0.5) is 34.1 Å². The molecule has 0 saturated carbocycles. The molecular weight excluding hydrogens is 1150 g/mol. The topological polar surface area (TPSA) is 6.48 Å². The van der Waals surface area contributed by atoms with E-state index < -0.39 is 5.41 Å². The summed E-state index contributed by atoms with van der Waals surface area (Å²) < 4.78 is 0. The van der Waals surface area contributed by atoms with Crippen LogP contribution in [0.5, 0.6) is 0 Å². The molecule has 2 nitrogen and oxygen atoms in total. The van der Waals surface area contributed by atoms with E-state index in [1.54, 1.807) is 0 Å². The molecule has 14 aromatic rings. The largest absolute Gasteiger partial charge is 0.310 e. The van der Waals surface area contributed by atoms with Crippen LogP contribution in [0.15, 0.2) is 337 Å². The minimum Gasteiger partial charge on any atom is -0.310 e. The number of rotatable bonds is 10. The van der Waals surface area contributed by atoms with Gasteiger partial charge in [-0.3, -0.25) is 0 Å². The van der Waals surface area contributed by atoms with E-state index in [1.807, 2.05) is 11.8 Å². The maximum absolute atomic E-state index is 2.48. The van der Waals surface area contributed by atoms with Gasteiger partial charge in [-0.25, -0.2) is 0 Å². The summed E-state index contributed by atoms with van der Waals surface area (Å²) in [6, 6.07) is 123. The van der Waals surface area contributed by atoms with Crippen LogP contribution >= 0.6 is 11.8 Å². The van der Waals surface area contributed by atoms with Crippen LogP contribution in [-0.4, -0.2) is 0 Å². The van der Waals surface area contributed by atoms with Gasteiger partial charge in [0, 0.05) is 54.5 Å². The molecule has 18 rings (SSSR count). The summed E-state index contributed by atoms with van der Waals surface area (Å²) in [5.74, 6) is 0. The van der Waals surface area contributed by atoms with E-state index in [9.17, 15) is 0 Å². The maximum Gasteiger partial charge on any atom is 0.0741 e. The summed E-state index contributed by atoms with van der Waals surface area (Å²) in [6.07, 6.45) is 0. The number of para-hydroxylation sites is 2. The van der Waals surface area contributed by atoms with Gasteiger partial charge in [0.2, 0.25) is 0 Å². The van der Waals surface area contributed by atoms with Crippen molar-refractivity contribution < 1.29 is 0 Å². The van der Waals surface area contributed by atoms with E-state index in [-0.39, 0.29) is 10.8 Å². The lowest BCUT2D eigenvalue weighted by Gasteiger charge is -2.41. The monoisotopic (exact) mass is 1220 g/mol. The fourth-order valence-corrected chi connectivity index (χ4v) is 17.9. The summed E-state index contributed by atoms with van der Waals surface area (Å²) >= 11 is 1.91. The van der Waals surface area contributed by atoms with Gasteiger partial charge in [0.25, 0.3) is 0 Å². The van der Waals surface area contributed by atoms with Gasteiger partial charge >= 0.3 is 0 Å². The van der Waals surface area contributed by atoms with Crippen molar-refractivity contribution in [2.75, 3.05) is 9.80 Å². The fourth-order valence-electron chi connectivity index (χ4n) is 16.6. The highest BCUT2D eigenvalue weighted by molar-refractivity contribution is 7.99. The molecular formula is C91H66N2S. The molecule has 94 heavy (non-hydrogen) atoms. The summed E-state index contributed by atoms with van der Waals surface area (Å²) in [4.78, 5) is 7.50. The van der Waals surface area contributed by atoms with Crippen LogP contribution in [0.3, 0.4) is 0 Å². The summed E-state index contributed by atoms with van der Waals surface area (Å²) in [5.41, 5.74) is 33.8. The average Bonchev–Trinajstić information content (AvgIpc) is 1.46. The second-order valence-electron chi connectivity index (χ2n) is 26.6. The molecule has 1 heterocycles. The highest BCUT2D eigenvalue weighted by atomic mass is 32.2. The Morgan fingerprint density at radius 1 is 0.234 bits per heavy atom. The number of hydrogen-bond acceptors (Lipinski definition) is 3. The molecule has 3 aliphatic carbocycles. The SMILES string of the molecule is CC1(C)c2ccccc2-c2ccc(N(c3ccc(-c4cccc5c4Sc4ccccc4C54c5ccccc5-c5cccc(-c6ccc(N(c7ccc8c(c7)C(C)(C)c7ccccc7-8)c7ccccc7-c7ccccc7)cc6)c54)cc3)c3ccccc3-c3ccccc3)cc21. The molecule has 3 heteroatoms. The molecule has 1 unspecified atom stereocenters. The molecule has 14 aromatic carbocycles. The highest BCUT2D eigenvalue weighted by Gasteiger charge is 2.52. The van der Waals surface area contributed by atoms with Crippen LogP contribution < -0.4 is 9.80 Å². The first-order chi connectivity index (χ1) is 46.2. The molecule has 0 radical (unpaired) electrons. The Balaban J connectivity index is 0.778. The number of nitrogens with zero attached hydrogens (tertiary/aromatic N) is 2. The smallest absolute Gasteiger partial charge is 0.0741 e. The van der Waals surface area contributed by atoms with Gasteiger partial charge < -0.3 is 9.80 Å². The summed E-state index contributed by atoms with van der Waals surface area (Å²) in [6.45, 7) is 9.49. The molecule has 1 aliphatic heterocycles. The molecule has 0 fully saturated rings. The van der Waals surface area contributed by atoms with E-state index >= 15 is 0 Å². The van der Waals surface area contributed by atoms with Gasteiger partial charge in [0.05, 0.1) is 16.8 Å². The number of fused-ring (bicyclic) bond motifs is 15. The van der Waals surface area contributed by atoms with Crippen molar-refractivity contribution in [3.05, 3.63) is 372 Å². The Morgan fingerprint density at radius 2 is 0.585 bits per heavy atom. The number of hydrogen-bond donors (Lipinski definition) is 0. The lowest BCUT2D eigenvalue weighted by atomic mass is 9.65. The Morgan fingerprint density at radius 3 is 1.12 bits per heavy atom. The molecule has 0 N–H and O–H groups in total. The van der Waals surface area contributed by atoms with Gasteiger partial charge in [-0.1, -0.05) is 300 Å². The standard InChI is InChI=1S/C91H66N2S/c1-89(2)77-37-16-11-31-71(77)74-55-53-65(57-82(74)89)92(84-42-20-14-29-67(84)59-25-7-5-8-26-59)63-49-45-61(46-50-63)69-34-23-36-76-73-33-13-18-39-79(73)91(87(69)76)80-40-19-22-44-86(80)94-88-70(35-24-41-81(88)91)62-47-51-64(52-48-62)93(85-43-21-15-30-68(85)60-27-9-6-10-28-60)66-54-56-75-72-32-12-17-38-78(72)90(3,4)83(75)58-66/h5-58H,1-4H3. The highest BCUT2D eigenvalue weighted by Crippen LogP contribution is 2.65. The lowest BCUT2D eigenvalue weighted by Crippen LogP contribution is -2.32. The van der Waals surface area contributed by atoms with Gasteiger partial charge in [0.1, 0.15) is 0 Å². The van der Waals surface area contributed by atoms with Crippen molar-refractivity contribution in [3.63, 3.8) is 0 Å². The van der Waals surface area contributed by atoms with Crippen molar-refractivity contribution in [2.24, 2.45) is 0 Å². The van der Waals surface area contributed by atoms with E-state index in [0.717, 1.165) is 34.1 Å². The molecule has 4 aliphatic rings. The Labute approximate surface area is 555 Å². The Kier molecular flexibility index (Phi) is 12.8. The molecule has 446 valence electrons. The van der Waals surface area contributed by atoms with E-state index in [0.29, 0.717) is 0 Å². The molecule has 0 amide bonds. The molecule has 1 spiro atoms. The van der Waals surface area contributed by atoms with Crippen LogP contribution in [0.2, 0.25) is 0 Å². The fraction of sp³-hybridized carbons (Fsp3) is 0.0769. The third kappa shape index (κ3) is 8.37. The first-order valence-corrected chi connectivity index (χ1v) is 33.7. The van der Waals surface area contributed by atoms with Crippen LogP contribution in [0.25, 0.3) is 77.9 Å². The summed E-state index contributed by atoms with van der Waals surface area (Å²) in [5, 5.41) is 0. The third-order valence-corrected chi connectivity index (χ3v) is 22.2. The predicted molar refractivity (Wildman–Crippen MR) is 394 cm³/mol.